The molecule has 1 unspecified atom stereocenters. The summed E-state index contributed by atoms with van der Waals surface area (Å²) < 4.78 is 0. The van der Waals surface area contributed by atoms with Crippen molar-refractivity contribution in [2.45, 2.75) is 31.9 Å². The van der Waals surface area contributed by atoms with E-state index in [9.17, 15) is 9.90 Å². The second kappa shape index (κ2) is 6.75. The van der Waals surface area contributed by atoms with Crippen LogP contribution in [-0.2, 0) is 0 Å². The number of benzene rings is 1. The lowest BCUT2D eigenvalue weighted by molar-refractivity contribution is 0.0528. The number of carbonyl (C=O) groups is 1. The van der Waals surface area contributed by atoms with Gasteiger partial charge >= 0.3 is 6.03 Å². The first-order valence-corrected chi connectivity index (χ1v) is 7.87. The lowest BCUT2D eigenvalue weighted by Gasteiger charge is -2.27. The third-order valence-corrected chi connectivity index (χ3v) is 3.90. The molecule has 0 aromatic heterocycles. The molecule has 22 heavy (non-hydrogen) atoms. The summed E-state index contributed by atoms with van der Waals surface area (Å²) in [5.74, 6) is 0. The van der Waals surface area contributed by atoms with Crippen LogP contribution in [0.3, 0.4) is 0 Å². The largest absolute Gasteiger partial charge is 0.389 e. The normalized spacial score (nSPS) is 18.4. The molecule has 0 radical (unpaired) electrons. The molecule has 5 nitrogen and oxygen atoms in total. The number of rotatable bonds is 4. The molecule has 1 aliphatic rings. The molecule has 122 valence electrons. The first-order chi connectivity index (χ1) is 10.2. The summed E-state index contributed by atoms with van der Waals surface area (Å²) in [7, 11) is 1.69. The minimum atomic E-state index is -0.894. The monoisotopic (exact) mass is 325 g/mol. The average Bonchev–Trinajstić information content (AvgIpc) is 2.85. The van der Waals surface area contributed by atoms with Crippen molar-refractivity contribution in [3.8, 4) is 0 Å². The molecule has 0 aliphatic carbocycles. The topological polar surface area (TPSA) is 55.8 Å². The first kappa shape index (κ1) is 16.9. The van der Waals surface area contributed by atoms with Gasteiger partial charge in [0.25, 0.3) is 0 Å². The third-order valence-electron chi connectivity index (χ3n) is 3.66. The molecule has 1 fully saturated rings. The zero-order valence-corrected chi connectivity index (χ0v) is 14.1. The molecule has 2 rings (SSSR count). The van der Waals surface area contributed by atoms with Gasteiger partial charge in [-0.1, -0.05) is 17.7 Å². The van der Waals surface area contributed by atoms with Crippen molar-refractivity contribution < 1.29 is 9.90 Å². The third kappa shape index (κ3) is 4.78. The molecule has 1 atom stereocenters. The molecule has 1 heterocycles. The van der Waals surface area contributed by atoms with E-state index in [-0.39, 0.29) is 12.1 Å². The van der Waals surface area contributed by atoms with Gasteiger partial charge in [-0.15, -0.1) is 0 Å². The van der Waals surface area contributed by atoms with Gasteiger partial charge in [0.2, 0.25) is 0 Å². The highest BCUT2D eigenvalue weighted by Gasteiger charge is 2.26. The van der Waals surface area contributed by atoms with Crippen molar-refractivity contribution in [1.82, 2.24) is 10.2 Å². The molecule has 2 amide bonds. The number of likely N-dealkylation sites (N-methyl/N-ethyl adjacent to an activating group) is 1. The first-order valence-electron chi connectivity index (χ1n) is 7.49. The molecule has 2 N–H and O–H groups in total. The number of aliphatic hydroxyl groups is 1. The van der Waals surface area contributed by atoms with E-state index < -0.39 is 5.60 Å². The standard InChI is InChI=1S/C16H24ClN3O2/c1-16(2,22)11-19(3)15(21)18-13-7-8-20(10-13)14-6-4-5-12(17)9-14/h4-6,9,13,22H,7-8,10-11H2,1-3H3,(H,18,21). The SMILES string of the molecule is CN(CC(C)(C)O)C(=O)NC1CCN(c2cccc(Cl)c2)C1. The number of carbonyl (C=O) groups excluding carboxylic acids is 1. The van der Waals surface area contributed by atoms with E-state index in [1.165, 1.54) is 4.90 Å². The summed E-state index contributed by atoms with van der Waals surface area (Å²) in [5.41, 5.74) is 0.184. The van der Waals surface area contributed by atoms with Crippen LogP contribution in [0.5, 0.6) is 0 Å². The Bertz CT molecular complexity index is 530. The second-order valence-electron chi connectivity index (χ2n) is 6.53. The van der Waals surface area contributed by atoms with E-state index in [1.54, 1.807) is 20.9 Å². The van der Waals surface area contributed by atoms with Crippen LogP contribution in [0.2, 0.25) is 5.02 Å². The van der Waals surface area contributed by atoms with Crippen LogP contribution < -0.4 is 10.2 Å². The van der Waals surface area contributed by atoms with Gasteiger partial charge < -0.3 is 20.2 Å². The highest BCUT2D eigenvalue weighted by Crippen LogP contribution is 2.23. The summed E-state index contributed by atoms with van der Waals surface area (Å²) in [6.07, 6.45) is 0.897. The zero-order valence-electron chi connectivity index (χ0n) is 13.3. The fourth-order valence-corrected chi connectivity index (χ4v) is 2.91. The summed E-state index contributed by atoms with van der Waals surface area (Å²) in [4.78, 5) is 15.9. The number of urea groups is 1. The van der Waals surface area contributed by atoms with Crippen molar-refractivity contribution in [2.75, 3.05) is 31.6 Å². The van der Waals surface area contributed by atoms with E-state index in [4.69, 9.17) is 11.6 Å². The van der Waals surface area contributed by atoms with Crippen LogP contribution in [0.4, 0.5) is 10.5 Å². The quantitative estimate of drug-likeness (QED) is 0.893. The molecular formula is C16H24ClN3O2. The Balaban J connectivity index is 1.87. The Hall–Kier alpha value is -1.46. The zero-order chi connectivity index (χ0) is 16.3. The molecule has 1 aliphatic heterocycles. The van der Waals surface area contributed by atoms with E-state index in [0.29, 0.717) is 6.54 Å². The highest BCUT2D eigenvalue weighted by molar-refractivity contribution is 6.30. The van der Waals surface area contributed by atoms with Gasteiger partial charge in [0.1, 0.15) is 0 Å². The maximum absolute atomic E-state index is 12.1. The smallest absolute Gasteiger partial charge is 0.317 e. The van der Waals surface area contributed by atoms with Crippen LogP contribution in [0.1, 0.15) is 20.3 Å². The Morgan fingerprint density at radius 1 is 1.55 bits per heavy atom. The number of anilines is 1. The highest BCUT2D eigenvalue weighted by atomic mass is 35.5. The number of hydrogen-bond donors (Lipinski definition) is 2. The number of nitrogens with zero attached hydrogens (tertiary/aromatic N) is 2. The van der Waals surface area contributed by atoms with Crippen LogP contribution in [0, 0.1) is 0 Å². The van der Waals surface area contributed by atoms with Gasteiger partial charge in [-0.05, 0) is 38.5 Å². The molecule has 0 bridgehead atoms. The van der Waals surface area contributed by atoms with Crippen molar-refractivity contribution in [3.63, 3.8) is 0 Å². The molecule has 1 saturated heterocycles. The Morgan fingerprint density at radius 2 is 2.27 bits per heavy atom. The Labute approximate surface area is 136 Å². The molecule has 6 heteroatoms. The maximum Gasteiger partial charge on any atom is 0.317 e. The number of halogens is 1. The molecule has 0 spiro atoms. The lowest BCUT2D eigenvalue weighted by Crippen LogP contribution is -2.48. The Morgan fingerprint density at radius 3 is 2.91 bits per heavy atom. The summed E-state index contributed by atoms with van der Waals surface area (Å²) in [6.45, 7) is 5.33. The summed E-state index contributed by atoms with van der Waals surface area (Å²) >= 11 is 6.02. The van der Waals surface area contributed by atoms with Gasteiger partial charge in [0.05, 0.1) is 12.1 Å². The van der Waals surface area contributed by atoms with Gasteiger partial charge in [0.15, 0.2) is 0 Å². The van der Waals surface area contributed by atoms with Gasteiger partial charge in [-0.2, -0.15) is 0 Å². The predicted molar refractivity (Wildman–Crippen MR) is 89.5 cm³/mol. The fraction of sp³-hybridized carbons (Fsp3) is 0.562. The summed E-state index contributed by atoms with van der Waals surface area (Å²) in [6, 6.07) is 7.70. The van der Waals surface area contributed by atoms with E-state index in [1.807, 2.05) is 24.3 Å². The maximum atomic E-state index is 12.1. The lowest BCUT2D eigenvalue weighted by atomic mass is 10.1. The minimum absolute atomic E-state index is 0.107. The summed E-state index contributed by atoms with van der Waals surface area (Å²) in [5, 5.41) is 13.5. The van der Waals surface area contributed by atoms with Crippen molar-refractivity contribution in [1.29, 1.82) is 0 Å². The molecule has 1 aromatic carbocycles. The molecule has 0 saturated carbocycles. The predicted octanol–water partition coefficient (Wildman–Crippen LogP) is 2.33. The Kier molecular flexibility index (Phi) is 5.19. The number of amides is 2. The van der Waals surface area contributed by atoms with Crippen LogP contribution in [-0.4, -0.2) is 54.4 Å². The minimum Gasteiger partial charge on any atom is -0.389 e. The second-order valence-corrected chi connectivity index (χ2v) is 6.97. The van der Waals surface area contributed by atoms with E-state index in [0.717, 1.165) is 30.2 Å². The van der Waals surface area contributed by atoms with Crippen LogP contribution in [0.15, 0.2) is 24.3 Å². The fourth-order valence-electron chi connectivity index (χ4n) is 2.72. The van der Waals surface area contributed by atoms with E-state index in [2.05, 4.69) is 10.2 Å². The van der Waals surface area contributed by atoms with Crippen molar-refractivity contribution in [3.05, 3.63) is 29.3 Å². The van der Waals surface area contributed by atoms with Crippen molar-refractivity contribution >= 4 is 23.3 Å². The van der Waals surface area contributed by atoms with Crippen molar-refractivity contribution in [2.24, 2.45) is 0 Å². The number of hydrogen-bond acceptors (Lipinski definition) is 3. The van der Waals surface area contributed by atoms with Gasteiger partial charge in [0, 0.05) is 36.9 Å². The molecular weight excluding hydrogens is 302 g/mol. The average molecular weight is 326 g/mol. The van der Waals surface area contributed by atoms with Crippen LogP contribution >= 0.6 is 11.6 Å². The van der Waals surface area contributed by atoms with E-state index >= 15 is 0 Å². The van der Waals surface area contributed by atoms with Gasteiger partial charge in [-0.25, -0.2) is 4.79 Å². The van der Waals surface area contributed by atoms with Crippen LogP contribution in [0.25, 0.3) is 0 Å². The number of nitrogens with one attached hydrogen (secondary N) is 1. The molecule has 1 aromatic rings. The van der Waals surface area contributed by atoms with Gasteiger partial charge in [-0.3, -0.25) is 0 Å².